The fourth-order valence-electron chi connectivity index (χ4n) is 5.59. The topological polar surface area (TPSA) is 73.5 Å². The van der Waals surface area contributed by atoms with Crippen molar-refractivity contribution in [2.24, 2.45) is 0 Å². The van der Waals surface area contributed by atoms with Crippen LogP contribution in [0.1, 0.15) is 34.2 Å². The fraction of sp³-hybridized carbons (Fsp3) is 0.257. The Labute approximate surface area is 256 Å². The Morgan fingerprint density at radius 3 is 2.70 bits per heavy atom. The quantitative estimate of drug-likeness (QED) is 0.183. The molecule has 0 spiro atoms. The van der Waals surface area contributed by atoms with Crippen molar-refractivity contribution in [3.63, 3.8) is 0 Å². The summed E-state index contributed by atoms with van der Waals surface area (Å²) >= 11 is 1.59. The molecule has 1 fully saturated rings. The van der Waals surface area contributed by atoms with Gasteiger partial charge in [0.1, 0.15) is 5.75 Å². The Balaban J connectivity index is 1.09. The number of H-pyrrole nitrogens is 1. The summed E-state index contributed by atoms with van der Waals surface area (Å²) in [5, 5.41) is 13.8. The Morgan fingerprint density at radius 2 is 1.88 bits per heavy atom. The van der Waals surface area contributed by atoms with Gasteiger partial charge in [0.2, 0.25) is 5.91 Å². The van der Waals surface area contributed by atoms with Crippen LogP contribution in [-0.2, 0) is 17.8 Å². The van der Waals surface area contributed by atoms with Crippen molar-refractivity contribution in [3.05, 3.63) is 105 Å². The normalized spacial score (nSPS) is 14.0. The van der Waals surface area contributed by atoms with E-state index in [0.717, 1.165) is 76.8 Å². The Kier molecular flexibility index (Phi) is 8.86. The van der Waals surface area contributed by atoms with E-state index in [1.165, 1.54) is 11.3 Å². The highest BCUT2D eigenvalue weighted by atomic mass is 32.1. The fourth-order valence-corrected chi connectivity index (χ4v) is 6.30. The number of fused-ring (bicyclic) bond motifs is 1. The summed E-state index contributed by atoms with van der Waals surface area (Å²) < 4.78 is 5.86. The van der Waals surface area contributed by atoms with Crippen LogP contribution in [0.5, 0.6) is 5.75 Å². The van der Waals surface area contributed by atoms with Crippen LogP contribution in [0.25, 0.3) is 23.1 Å². The number of nitrogens with zero attached hydrogens (tertiary/aromatic N) is 3. The summed E-state index contributed by atoms with van der Waals surface area (Å²) in [6.07, 6.45) is 4.52. The molecule has 0 unspecified atom stereocenters. The molecule has 1 amide bonds. The molecule has 6 rings (SSSR count). The highest BCUT2D eigenvalue weighted by molar-refractivity contribution is 7.10. The van der Waals surface area contributed by atoms with Gasteiger partial charge in [0.05, 0.1) is 29.9 Å². The average Bonchev–Trinajstić information content (AvgIpc) is 3.67. The number of hydrogen-bond acceptors (Lipinski definition) is 6. The van der Waals surface area contributed by atoms with Crippen LogP contribution in [0, 0.1) is 6.92 Å². The van der Waals surface area contributed by atoms with Gasteiger partial charge in [0, 0.05) is 48.7 Å². The van der Waals surface area contributed by atoms with Crippen LogP contribution in [0.15, 0.2) is 78.2 Å². The van der Waals surface area contributed by atoms with Crippen LogP contribution >= 0.6 is 11.3 Å². The number of benzene rings is 3. The third kappa shape index (κ3) is 6.98. The van der Waals surface area contributed by atoms with E-state index in [9.17, 15) is 4.79 Å². The summed E-state index contributed by atoms with van der Waals surface area (Å²) in [5.41, 5.74) is 7.22. The van der Waals surface area contributed by atoms with Crippen molar-refractivity contribution in [1.82, 2.24) is 15.1 Å². The van der Waals surface area contributed by atoms with E-state index < -0.39 is 0 Å². The van der Waals surface area contributed by atoms with Crippen molar-refractivity contribution in [2.45, 2.75) is 26.8 Å². The number of thiophene rings is 1. The number of aromatic nitrogens is 2. The second-order valence-corrected chi connectivity index (χ2v) is 11.9. The molecule has 5 aromatic rings. The number of rotatable bonds is 10. The van der Waals surface area contributed by atoms with E-state index in [2.05, 4.69) is 73.9 Å². The number of amides is 1. The van der Waals surface area contributed by atoms with E-state index >= 15 is 0 Å². The number of ether oxygens (including phenoxy) is 1. The maximum atomic E-state index is 12.6. The predicted octanol–water partition coefficient (Wildman–Crippen LogP) is 7.01. The van der Waals surface area contributed by atoms with Gasteiger partial charge in [-0.25, -0.2) is 0 Å². The van der Waals surface area contributed by atoms with E-state index in [1.807, 2.05) is 55.6 Å². The lowest BCUT2D eigenvalue weighted by Crippen LogP contribution is -2.46. The van der Waals surface area contributed by atoms with Crippen LogP contribution in [0.4, 0.5) is 11.4 Å². The van der Waals surface area contributed by atoms with Gasteiger partial charge < -0.3 is 15.0 Å². The number of carbonyl (C=O) groups is 1. The molecule has 3 heterocycles. The SMILES string of the molecule is CCOc1ccccc1N1CCN(Cc2cccc(C=Cc3n[nH]c4cc(C)c(NC(=O)Cc5cccs5)cc34)c2)CC1. The van der Waals surface area contributed by atoms with E-state index in [1.54, 1.807) is 11.3 Å². The smallest absolute Gasteiger partial charge is 0.229 e. The largest absolute Gasteiger partial charge is 0.492 e. The molecule has 220 valence electrons. The minimum Gasteiger partial charge on any atom is -0.492 e. The maximum absolute atomic E-state index is 12.6. The first-order valence-electron chi connectivity index (χ1n) is 14.8. The van der Waals surface area contributed by atoms with Crippen LogP contribution in [0.2, 0.25) is 0 Å². The van der Waals surface area contributed by atoms with E-state index in [4.69, 9.17) is 4.74 Å². The highest BCUT2D eigenvalue weighted by Crippen LogP contribution is 2.29. The van der Waals surface area contributed by atoms with Gasteiger partial charge in [0.25, 0.3) is 0 Å². The Bertz CT molecular complexity index is 1720. The van der Waals surface area contributed by atoms with Crippen molar-refractivity contribution in [1.29, 1.82) is 0 Å². The number of nitrogens with one attached hydrogen (secondary N) is 2. The van der Waals surface area contributed by atoms with Gasteiger partial charge in [0.15, 0.2) is 0 Å². The van der Waals surface area contributed by atoms with Crippen LogP contribution in [0.3, 0.4) is 0 Å². The van der Waals surface area contributed by atoms with Gasteiger partial charge >= 0.3 is 0 Å². The summed E-state index contributed by atoms with van der Waals surface area (Å²) in [6, 6.07) is 25.0. The van der Waals surface area contributed by atoms with Gasteiger partial charge in [-0.15, -0.1) is 11.3 Å². The molecular formula is C35H37N5O2S. The highest BCUT2D eigenvalue weighted by Gasteiger charge is 2.20. The number of hydrogen-bond donors (Lipinski definition) is 2. The molecule has 0 bridgehead atoms. The second-order valence-electron chi connectivity index (χ2n) is 10.9. The van der Waals surface area contributed by atoms with Crippen molar-refractivity contribution in [2.75, 3.05) is 43.0 Å². The first kappa shape index (κ1) is 28.7. The van der Waals surface area contributed by atoms with Crippen molar-refractivity contribution >= 4 is 51.7 Å². The lowest BCUT2D eigenvalue weighted by atomic mass is 10.1. The molecule has 0 aliphatic carbocycles. The minimum absolute atomic E-state index is 0.0148. The van der Waals surface area contributed by atoms with E-state index in [0.29, 0.717) is 13.0 Å². The second kappa shape index (κ2) is 13.3. The molecule has 7 nitrogen and oxygen atoms in total. The molecule has 8 heteroatoms. The summed E-state index contributed by atoms with van der Waals surface area (Å²) in [6.45, 7) is 9.59. The average molecular weight is 592 g/mol. The van der Waals surface area contributed by atoms with Gasteiger partial charge in [-0.05, 0) is 72.3 Å². The van der Waals surface area contributed by atoms with E-state index in [-0.39, 0.29) is 5.91 Å². The summed E-state index contributed by atoms with van der Waals surface area (Å²) in [7, 11) is 0. The van der Waals surface area contributed by atoms with Gasteiger partial charge in [-0.2, -0.15) is 5.10 Å². The number of anilines is 2. The molecule has 2 N–H and O–H groups in total. The first-order chi connectivity index (χ1) is 21.1. The van der Waals surface area contributed by atoms with Gasteiger partial charge in [-0.3, -0.25) is 14.8 Å². The van der Waals surface area contributed by atoms with Crippen molar-refractivity contribution < 1.29 is 9.53 Å². The Hall–Kier alpha value is -4.40. The zero-order valence-electron chi connectivity index (χ0n) is 24.7. The molecule has 43 heavy (non-hydrogen) atoms. The van der Waals surface area contributed by atoms with Crippen LogP contribution in [-0.4, -0.2) is 53.8 Å². The molecule has 3 aromatic carbocycles. The molecule has 1 aliphatic rings. The summed E-state index contributed by atoms with van der Waals surface area (Å²) in [4.78, 5) is 18.6. The maximum Gasteiger partial charge on any atom is 0.229 e. The molecule has 0 radical (unpaired) electrons. The van der Waals surface area contributed by atoms with Gasteiger partial charge in [-0.1, -0.05) is 48.5 Å². The standard InChI is InChI=1S/C35H37N5O2S/c1-3-42-34-12-5-4-11-33(34)40-17-15-39(16-18-40)24-27-9-6-8-26(21-27)13-14-30-29-23-31(25(2)20-32(29)38-37-30)36-35(41)22-28-10-7-19-43-28/h4-14,19-21,23H,3,15-18,22,24H2,1-2H3,(H,36,41)(H,37,38). The third-order valence-electron chi connectivity index (χ3n) is 7.80. The summed E-state index contributed by atoms with van der Waals surface area (Å²) in [5.74, 6) is 0.951. The zero-order chi connectivity index (χ0) is 29.6. The number of aromatic amines is 1. The molecule has 1 aliphatic heterocycles. The molecular weight excluding hydrogens is 554 g/mol. The third-order valence-corrected chi connectivity index (χ3v) is 8.67. The number of para-hydroxylation sites is 2. The van der Waals surface area contributed by atoms with Crippen molar-refractivity contribution in [3.8, 4) is 5.75 Å². The molecule has 0 atom stereocenters. The van der Waals surface area contributed by atoms with Crippen LogP contribution < -0.4 is 15.0 Å². The number of aryl methyl sites for hydroxylation is 1. The molecule has 0 saturated carbocycles. The number of piperazine rings is 1. The minimum atomic E-state index is -0.0148. The monoisotopic (exact) mass is 591 g/mol. The lowest BCUT2D eigenvalue weighted by Gasteiger charge is -2.36. The zero-order valence-corrected chi connectivity index (χ0v) is 25.5. The first-order valence-corrected chi connectivity index (χ1v) is 15.7. The molecule has 1 saturated heterocycles. The predicted molar refractivity (Wildman–Crippen MR) is 178 cm³/mol. The lowest BCUT2D eigenvalue weighted by molar-refractivity contribution is -0.115. The molecule has 2 aromatic heterocycles. The number of carbonyl (C=O) groups excluding carboxylic acids is 1. The Morgan fingerprint density at radius 1 is 1.02 bits per heavy atom.